The average molecular weight is 174 g/mol. The molecule has 66 valence electrons. The van der Waals surface area contributed by atoms with E-state index >= 15 is 0 Å². The van der Waals surface area contributed by atoms with Crippen LogP contribution in [0.25, 0.3) is 0 Å². The van der Waals surface area contributed by atoms with Crippen molar-refractivity contribution in [3.8, 4) is 0 Å². The summed E-state index contributed by atoms with van der Waals surface area (Å²) in [6.07, 6.45) is 3.99. The molecule has 1 saturated heterocycles. The van der Waals surface area contributed by atoms with E-state index in [1.54, 1.807) is 6.26 Å². The predicted octanol–water partition coefficient (Wildman–Crippen LogP) is 2.24. The number of hydrogen-bond acceptors (Lipinski definition) is 2. The first-order valence-electron chi connectivity index (χ1n) is 4.48. The van der Waals surface area contributed by atoms with Gasteiger partial charge in [-0.3, -0.25) is 0 Å². The van der Waals surface area contributed by atoms with Gasteiger partial charge in [-0.05, 0) is 11.6 Å². The van der Waals surface area contributed by atoms with Gasteiger partial charge in [0.1, 0.15) is 0 Å². The Labute approximate surface area is 76.8 Å². The molecule has 2 heterocycles. The van der Waals surface area contributed by atoms with Gasteiger partial charge in [-0.15, -0.1) is 0 Å². The third kappa shape index (κ3) is 0.988. The Kier molecular flexibility index (Phi) is 1.43. The van der Waals surface area contributed by atoms with Gasteiger partial charge >= 0.3 is 0 Å². The van der Waals surface area contributed by atoms with Gasteiger partial charge < -0.3 is 9.47 Å². The maximum atomic E-state index is 5.56. The van der Waals surface area contributed by atoms with Crippen molar-refractivity contribution in [3.63, 3.8) is 0 Å². The maximum absolute atomic E-state index is 5.56. The van der Waals surface area contributed by atoms with Gasteiger partial charge in [0.05, 0.1) is 18.3 Å². The highest BCUT2D eigenvalue weighted by molar-refractivity contribution is 5.23. The highest BCUT2D eigenvalue weighted by atomic mass is 16.7. The molecule has 1 aromatic rings. The summed E-state index contributed by atoms with van der Waals surface area (Å²) in [7, 11) is 0. The van der Waals surface area contributed by atoms with E-state index in [-0.39, 0.29) is 12.4 Å². The summed E-state index contributed by atoms with van der Waals surface area (Å²) in [5.41, 5.74) is 1.24. The number of rotatable bonds is 1. The molecule has 1 fully saturated rings. The third-order valence-electron chi connectivity index (χ3n) is 2.59. The van der Waals surface area contributed by atoms with Crippen LogP contribution >= 0.6 is 0 Å². The van der Waals surface area contributed by atoms with E-state index in [0.29, 0.717) is 5.92 Å². The topological polar surface area (TPSA) is 18.5 Å². The highest BCUT2D eigenvalue weighted by Crippen LogP contribution is 2.45. The Morgan fingerprint density at radius 3 is 2.69 bits per heavy atom. The van der Waals surface area contributed by atoms with Crippen LogP contribution in [0.2, 0.25) is 0 Å². The summed E-state index contributed by atoms with van der Waals surface area (Å²) in [6.45, 7) is 0. The molecule has 0 N–H and O–H groups in total. The van der Waals surface area contributed by atoms with Gasteiger partial charge in [-0.1, -0.05) is 30.3 Å². The molecular weight excluding hydrogens is 164 g/mol. The smallest absolute Gasteiger partial charge is 0.208 e. The van der Waals surface area contributed by atoms with E-state index in [2.05, 4.69) is 18.2 Å². The lowest BCUT2D eigenvalue weighted by molar-refractivity contribution is -0.257. The summed E-state index contributed by atoms with van der Waals surface area (Å²) < 4.78 is 10.8. The molecule has 0 amide bonds. The van der Waals surface area contributed by atoms with Crippen LogP contribution < -0.4 is 0 Å². The molecule has 2 heteroatoms. The summed E-state index contributed by atoms with van der Waals surface area (Å²) in [6, 6.07) is 10.3. The quantitative estimate of drug-likeness (QED) is 0.650. The fourth-order valence-corrected chi connectivity index (χ4v) is 1.85. The van der Waals surface area contributed by atoms with Crippen LogP contribution in [0.5, 0.6) is 0 Å². The number of benzene rings is 1. The summed E-state index contributed by atoms with van der Waals surface area (Å²) >= 11 is 0. The van der Waals surface area contributed by atoms with Crippen LogP contribution in [0, 0.1) is 5.92 Å². The summed E-state index contributed by atoms with van der Waals surface area (Å²) in [5, 5.41) is 0. The zero-order valence-electron chi connectivity index (χ0n) is 7.09. The van der Waals surface area contributed by atoms with Crippen LogP contribution in [-0.4, -0.2) is 6.29 Å². The minimum atomic E-state index is -0.0230. The molecular formula is C11H10O2. The second kappa shape index (κ2) is 2.60. The van der Waals surface area contributed by atoms with Gasteiger partial charge in [0.2, 0.25) is 6.29 Å². The first-order valence-corrected chi connectivity index (χ1v) is 4.48. The number of hydrogen-bond donors (Lipinski definition) is 0. The molecule has 0 aliphatic carbocycles. The molecule has 2 aliphatic heterocycles. The predicted molar refractivity (Wildman–Crippen MR) is 47.8 cm³/mol. The standard InChI is InChI=1S/C11H10O2/c1-2-4-8(5-3-1)10-9-6-7-12-11(9)13-10/h1-7,9-11H/t9-,10-,11+/m0/s1. The van der Waals surface area contributed by atoms with Crippen molar-refractivity contribution in [2.24, 2.45) is 5.92 Å². The monoisotopic (exact) mass is 174 g/mol. The molecule has 0 radical (unpaired) electrons. The van der Waals surface area contributed by atoms with Crippen molar-refractivity contribution in [1.29, 1.82) is 0 Å². The largest absolute Gasteiger partial charge is 0.472 e. The van der Waals surface area contributed by atoms with E-state index in [1.807, 2.05) is 18.2 Å². The minimum Gasteiger partial charge on any atom is -0.472 e. The van der Waals surface area contributed by atoms with Crippen molar-refractivity contribution < 1.29 is 9.47 Å². The van der Waals surface area contributed by atoms with Crippen molar-refractivity contribution in [1.82, 2.24) is 0 Å². The summed E-state index contributed by atoms with van der Waals surface area (Å²) in [5.74, 6) is 0.419. The van der Waals surface area contributed by atoms with E-state index < -0.39 is 0 Å². The highest BCUT2D eigenvalue weighted by Gasteiger charge is 2.45. The number of fused-ring (bicyclic) bond motifs is 1. The Balaban J connectivity index is 1.85. The molecule has 1 aromatic carbocycles. The van der Waals surface area contributed by atoms with Crippen molar-refractivity contribution >= 4 is 0 Å². The van der Waals surface area contributed by atoms with Crippen LogP contribution in [0.1, 0.15) is 11.7 Å². The van der Waals surface area contributed by atoms with Gasteiger partial charge in [0.15, 0.2) is 0 Å². The lowest BCUT2D eigenvalue weighted by atomic mass is 9.91. The van der Waals surface area contributed by atoms with E-state index in [0.717, 1.165) is 0 Å². The zero-order chi connectivity index (χ0) is 8.67. The average Bonchev–Trinajstić information content (AvgIpc) is 2.50. The molecule has 0 saturated carbocycles. The van der Waals surface area contributed by atoms with Crippen molar-refractivity contribution in [2.45, 2.75) is 12.4 Å². The molecule has 3 rings (SSSR count). The molecule has 0 bridgehead atoms. The molecule has 2 aliphatic rings. The van der Waals surface area contributed by atoms with Gasteiger partial charge in [0, 0.05) is 0 Å². The van der Waals surface area contributed by atoms with E-state index in [4.69, 9.17) is 9.47 Å². The van der Waals surface area contributed by atoms with Crippen LogP contribution in [0.3, 0.4) is 0 Å². The first kappa shape index (κ1) is 7.15. The van der Waals surface area contributed by atoms with Gasteiger partial charge in [-0.25, -0.2) is 0 Å². The molecule has 0 unspecified atom stereocenters. The lowest BCUT2D eigenvalue weighted by Gasteiger charge is -2.38. The maximum Gasteiger partial charge on any atom is 0.208 e. The molecule has 13 heavy (non-hydrogen) atoms. The molecule has 0 spiro atoms. The lowest BCUT2D eigenvalue weighted by Crippen LogP contribution is -2.39. The van der Waals surface area contributed by atoms with Crippen molar-refractivity contribution in [3.05, 3.63) is 48.2 Å². The molecule has 2 nitrogen and oxygen atoms in total. The second-order valence-corrected chi connectivity index (χ2v) is 3.38. The van der Waals surface area contributed by atoms with E-state index in [1.165, 1.54) is 5.56 Å². The van der Waals surface area contributed by atoms with Crippen LogP contribution in [0.15, 0.2) is 42.7 Å². The van der Waals surface area contributed by atoms with Gasteiger partial charge in [-0.2, -0.15) is 0 Å². The van der Waals surface area contributed by atoms with Gasteiger partial charge in [0.25, 0.3) is 0 Å². The number of ether oxygens (including phenoxy) is 2. The third-order valence-corrected chi connectivity index (χ3v) is 2.59. The Morgan fingerprint density at radius 2 is 1.92 bits per heavy atom. The normalized spacial score (nSPS) is 34.9. The SMILES string of the molecule is C1=C[C@@H]2[C@H](O1)O[C@H]2c1ccccc1. The fraction of sp³-hybridized carbons (Fsp3) is 0.273. The Morgan fingerprint density at radius 1 is 1.08 bits per heavy atom. The molecule has 0 aromatic heterocycles. The minimum absolute atomic E-state index is 0.0230. The Hall–Kier alpha value is -1.28. The second-order valence-electron chi connectivity index (χ2n) is 3.38. The van der Waals surface area contributed by atoms with Crippen LogP contribution in [-0.2, 0) is 9.47 Å². The molecule has 3 atom stereocenters. The summed E-state index contributed by atoms with van der Waals surface area (Å²) in [4.78, 5) is 0. The zero-order valence-corrected chi connectivity index (χ0v) is 7.09. The fourth-order valence-electron chi connectivity index (χ4n) is 1.85. The Bertz CT molecular complexity index is 331. The first-order chi connectivity index (χ1) is 6.45. The van der Waals surface area contributed by atoms with E-state index in [9.17, 15) is 0 Å². The van der Waals surface area contributed by atoms with Crippen LogP contribution in [0.4, 0.5) is 0 Å². The van der Waals surface area contributed by atoms with Crippen molar-refractivity contribution in [2.75, 3.05) is 0 Å².